The molecule has 0 aromatic heterocycles. The van der Waals surface area contributed by atoms with Gasteiger partial charge in [-0.25, -0.2) is 9.69 Å². The lowest BCUT2D eigenvalue weighted by molar-refractivity contribution is -0.122. The first-order valence-electron chi connectivity index (χ1n) is 8.64. The van der Waals surface area contributed by atoms with Crippen molar-refractivity contribution >= 4 is 61.5 Å². The quantitative estimate of drug-likeness (QED) is 0.335. The molecule has 0 atom stereocenters. The van der Waals surface area contributed by atoms with Crippen molar-refractivity contribution in [3.05, 3.63) is 69.1 Å². The third kappa shape index (κ3) is 4.47. The number of carbonyl (C=O) groups excluding carboxylic acids is 3. The fourth-order valence-electron chi connectivity index (χ4n) is 2.78. The molecule has 0 spiro atoms. The molecule has 30 heavy (non-hydrogen) atoms. The van der Waals surface area contributed by atoms with Crippen LogP contribution in [0.3, 0.4) is 0 Å². The monoisotopic (exact) mass is 534 g/mol. The van der Waals surface area contributed by atoms with Crippen LogP contribution in [0.25, 0.3) is 6.08 Å². The molecule has 1 N–H and O–H groups in total. The number of halogens is 2. The highest BCUT2D eigenvalue weighted by Gasteiger charge is 2.37. The lowest BCUT2D eigenvalue weighted by atomic mass is 10.1. The third-order valence-corrected chi connectivity index (χ3v) is 5.16. The van der Waals surface area contributed by atoms with Gasteiger partial charge >= 0.3 is 6.03 Å². The molecule has 7 nitrogen and oxygen atoms in total. The Balaban J connectivity index is 2.02. The van der Waals surface area contributed by atoms with Gasteiger partial charge in [0.15, 0.2) is 11.5 Å². The van der Waals surface area contributed by atoms with Gasteiger partial charge in [-0.05, 0) is 57.9 Å². The maximum absolute atomic E-state index is 13.0. The molecule has 2 aromatic rings. The predicted octanol–water partition coefficient (Wildman–Crippen LogP) is 4.45. The molecule has 0 bridgehead atoms. The molecule has 0 radical (unpaired) electrons. The average molecular weight is 536 g/mol. The number of nitrogens with one attached hydrogen (secondary N) is 1. The van der Waals surface area contributed by atoms with E-state index in [-0.39, 0.29) is 12.2 Å². The molecule has 2 aromatic carbocycles. The van der Waals surface area contributed by atoms with Crippen LogP contribution in [-0.4, -0.2) is 31.6 Å². The van der Waals surface area contributed by atoms with Crippen LogP contribution in [0.2, 0.25) is 0 Å². The smallest absolute Gasteiger partial charge is 0.335 e. The van der Waals surface area contributed by atoms with E-state index in [1.807, 2.05) is 0 Å². The summed E-state index contributed by atoms with van der Waals surface area (Å²) in [6.45, 7) is 3.89. The molecule has 154 valence electrons. The van der Waals surface area contributed by atoms with E-state index in [4.69, 9.17) is 9.47 Å². The molecule has 0 unspecified atom stereocenters. The first-order chi connectivity index (χ1) is 14.3. The van der Waals surface area contributed by atoms with Gasteiger partial charge in [-0.1, -0.05) is 34.7 Å². The van der Waals surface area contributed by atoms with Gasteiger partial charge in [0.05, 0.1) is 17.3 Å². The molecular formula is C21H16Br2N2O5. The zero-order valence-electron chi connectivity index (χ0n) is 15.8. The summed E-state index contributed by atoms with van der Waals surface area (Å²) in [7, 11) is 1.48. The molecule has 1 saturated heterocycles. The van der Waals surface area contributed by atoms with Crippen molar-refractivity contribution in [3.63, 3.8) is 0 Å². The van der Waals surface area contributed by atoms with Gasteiger partial charge in [-0.15, -0.1) is 0 Å². The van der Waals surface area contributed by atoms with Gasteiger partial charge in [-0.2, -0.15) is 0 Å². The molecule has 4 amide bonds. The zero-order valence-corrected chi connectivity index (χ0v) is 18.9. The number of imide groups is 2. The number of nitrogens with zero attached hydrogens (tertiary/aromatic N) is 1. The topological polar surface area (TPSA) is 84.9 Å². The Hall–Kier alpha value is -2.91. The molecule has 1 fully saturated rings. The van der Waals surface area contributed by atoms with Crippen molar-refractivity contribution in [1.82, 2.24) is 5.32 Å². The second kappa shape index (κ2) is 9.27. The van der Waals surface area contributed by atoms with Crippen LogP contribution >= 0.6 is 31.9 Å². The summed E-state index contributed by atoms with van der Waals surface area (Å²) in [5.41, 5.74) is 0.646. The van der Waals surface area contributed by atoms with Crippen molar-refractivity contribution < 1.29 is 23.9 Å². The number of methoxy groups -OCH3 is 1. The Bertz CT molecular complexity index is 1080. The summed E-state index contributed by atoms with van der Waals surface area (Å²) in [4.78, 5) is 38.6. The van der Waals surface area contributed by atoms with Crippen LogP contribution < -0.4 is 19.7 Å². The maximum Gasteiger partial charge on any atom is 0.335 e. The number of urea groups is 1. The third-order valence-electron chi connectivity index (χ3n) is 4.08. The SMILES string of the molecule is C=CCOc1c(Br)cc(C=C2C(=O)NC(=O)N(c3cccc(Br)c3)C2=O)cc1OC. The summed E-state index contributed by atoms with van der Waals surface area (Å²) in [5, 5.41) is 2.20. The van der Waals surface area contributed by atoms with Crippen LogP contribution in [0, 0.1) is 0 Å². The Morgan fingerprint density at radius 1 is 1.17 bits per heavy atom. The van der Waals surface area contributed by atoms with Crippen molar-refractivity contribution in [1.29, 1.82) is 0 Å². The van der Waals surface area contributed by atoms with Crippen LogP contribution in [0.5, 0.6) is 11.5 Å². The van der Waals surface area contributed by atoms with Gasteiger partial charge < -0.3 is 9.47 Å². The van der Waals surface area contributed by atoms with E-state index in [1.54, 1.807) is 42.5 Å². The van der Waals surface area contributed by atoms with Crippen molar-refractivity contribution in [2.45, 2.75) is 0 Å². The van der Waals surface area contributed by atoms with Crippen LogP contribution in [0.1, 0.15) is 5.56 Å². The van der Waals surface area contributed by atoms with Crippen LogP contribution in [0.4, 0.5) is 10.5 Å². The highest BCUT2D eigenvalue weighted by Crippen LogP contribution is 2.37. The van der Waals surface area contributed by atoms with Gasteiger partial charge in [-0.3, -0.25) is 14.9 Å². The normalized spacial score (nSPS) is 15.2. The number of barbiturate groups is 1. The molecule has 1 heterocycles. The van der Waals surface area contributed by atoms with Crippen LogP contribution in [-0.2, 0) is 9.59 Å². The molecule has 3 rings (SSSR count). The Morgan fingerprint density at radius 3 is 2.60 bits per heavy atom. The summed E-state index contributed by atoms with van der Waals surface area (Å²) >= 11 is 6.72. The van der Waals surface area contributed by atoms with E-state index in [2.05, 4.69) is 43.8 Å². The summed E-state index contributed by atoms with van der Waals surface area (Å²) in [5.74, 6) is -0.645. The highest BCUT2D eigenvalue weighted by atomic mass is 79.9. The van der Waals surface area contributed by atoms with E-state index in [1.165, 1.54) is 13.2 Å². The zero-order chi connectivity index (χ0) is 21.8. The minimum atomic E-state index is -0.813. The average Bonchev–Trinajstić information content (AvgIpc) is 2.70. The van der Waals surface area contributed by atoms with Crippen molar-refractivity contribution in [3.8, 4) is 11.5 Å². The number of benzene rings is 2. The fourth-order valence-corrected chi connectivity index (χ4v) is 3.74. The van der Waals surface area contributed by atoms with E-state index >= 15 is 0 Å². The Morgan fingerprint density at radius 2 is 1.93 bits per heavy atom. The molecular weight excluding hydrogens is 520 g/mol. The van der Waals surface area contributed by atoms with Gasteiger partial charge in [0.2, 0.25) is 0 Å². The van der Waals surface area contributed by atoms with E-state index in [0.717, 1.165) is 4.90 Å². The summed E-state index contributed by atoms with van der Waals surface area (Å²) in [6, 6.07) is 9.14. The van der Waals surface area contributed by atoms with Crippen LogP contribution in [0.15, 0.2) is 63.6 Å². The number of hydrogen-bond donors (Lipinski definition) is 1. The Labute approximate surface area is 189 Å². The standard InChI is InChI=1S/C21H16Br2N2O5/c1-3-7-30-18-16(23)9-12(10-17(18)29-2)8-15-19(26)24-21(28)25(20(15)27)14-6-4-5-13(22)11-14/h3-6,8-11H,1,7H2,2H3,(H,24,26,28). The minimum absolute atomic E-state index is 0.191. The molecule has 1 aliphatic heterocycles. The van der Waals surface area contributed by atoms with Gasteiger partial charge in [0, 0.05) is 4.47 Å². The van der Waals surface area contributed by atoms with Crippen molar-refractivity contribution in [2.24, 2.45) is 0 Å². The number of carbonyl (C=O) groups is 3. The molecule has 0 aliphatic carbocycles. The molecule has 0 saturated carbocycles. The summed E-state index contributed by atoms with van der Waals surface area (Å²) < 4.78 is 12.2. The maximum atomic E-state index is 13.0. The lowest BCUT2D eigenvalue weighted by Gasteiger charge is -2.26. The predicted molar refractivity (Wildman–Crippen MR) is 120 cm³/mol. The molecule has 1 aliphatic rings. The van der Waals surface area contributed by atoms with E-state index in [9.17, 15) is 14.4 Å². The first kappa shape index (κ1) is 21.8. The lowest BCUT2D eigenvalue weighted by Crippen LogP contribution is -2.54. The molecule has 9 heteroatoms. The van der Waals surface area contributed by atoms with E-state index in [0.29, 0.717) is 31.7 Å². The number of rotatable bonds is 6. The number of amides is 4. The number of hydrogen-bond acceptors (Lipinski definition) is 5. The fraction of sp³-hybridized carbons (Fsp3) is 0.0952. The minimum Gasteiger partial charge on any atom is -0.493 e. The number of ether oxygens (including phenoxy) is 2. The second-order valence-electron chi connectivity index (χ2n) is 6.07. The van der Waals surface area contributed by atoms with Gasteiger partial charge in [0.1, 0.15) is 12.2 Å². The van der Waals surface area contributed by atoms with Gasteiger partial charge in [0.25, 0.3) is 11.8 Å². The Kier molecular flexibility index (Phi) is 6.73. The highest BCUT2D eigenvalue weighted by molar-refractivity contribution is 9.10. The summed E-state index contributed by atoms with van der Waals surface area (Å²) in [6.07, 6.45) is 2.99. The van der Waals surface area contributed by atoms with E-state index < -0.39 is 17.8 Å². The van der Waals surface area contributed by atoms with Crippen molar-refractivity contribution in [2.75, 3.05) is 18.6 Å². The number of anilines is 1. The second-order valence-corrected chi connectivity index (χ2v) is 7.84. The first-order valence-corrected chi connectivity index (χ1v) is 10.2. The largest absolute Gasteiger partial charge is 0.493 e.